The quantitative estimate of drug-likeness (QED) is 0.425. The lowest BCUT2D eigenvalue weighted by molar-refractivity contribution is -0.370. The van der Waals surface area contributed by atoms with E-state index in [1.165, 1.54) is 0 Å². The molecule has 0 bridgehead atoms. The summed E-state index contributed by atoms with van der Waals surface area (Å²) in [7, 11) is 0. The number of aliphatic hydroxyl groups excluding tert-OH is 1. The first kappa shape index (κ1) is 20.4. The smallest absolute Gasteiger partial charge is 0.386 e. The molecule has 0 saturated carbocycles. The van der Waals surface area contributed by atoms with Gasteiger partial charge < -0.3 is 9.84 Å². The van der Waals surface area contributed by atoms with Gasteiger partial charge in [0, 0.05) is 0 Å². The molecule has 9 heteroatoms. The molecule has 1 atom stereocenters. The molecule has 1 unspecified atom stereocenters. The third-order valence-electron chi connectivity index (χ3n) is 3.04. The second kappa shape index (κ2) is 7.98. The Labute approximate surface area is 133 Å². The minimum absolute atomic E-state index is 0.0805. The Hall–Kier alpha value is -1.61. The summed E-state index contributed by atoms with van der Waals surface area (Å²) in [5, 5.41) is 8.99. The molecule has 0 heterocycles. The lowest BCUT2D eigenvalue weighted by Gasteiger charge is -2.31. The van der Waals surface area contributed by atoms with E-state index in [1.54, 1.807) is 30.3 Å². The van der Waals surface area contributed by atoms with Gasteiger partial charge in [0.05, 0.1) is 13.2 Å². The molecule has 0 aliphatic carbocycles. The van der Waals surface area contributed by atoms with E-state index in [9.17, 15) is 30.7 Å². The van der Waals surface area contributed by atoms with E-state index in [1.807, 2.05) is 0 Å². The normalized spacial score (nSPS) is 15.0. The van der Waals surface area contributed by atoms with Crippen LogP contribution in [0.25, 0.3) is 0 Å². The van der Waals surface area contributed by atoms with Crippen molar-refractivity contribution in [2.45, 2.75) is 37.2 Å². The Bertz CT molecular complexity index is 526. The van der Waals surface area contributed by atoms with E-state index in [4.69, 9.17) is 9.84 Å². The molecule has 1 aromatic carbocycles. The molecular weight excluding hydrogens is 345 g/mol. The second-order valence-electron chi connectivity index (χ2n) is 4.92. The van der Waals surface area contributed by atoms with Crippen molar-refractivity contribution < 1.29 is 40.6 Å². The first-order valence-corrected chi connectivity index (χ1v) is 6.77. The molecule has 2 nitrogen and oxygen atoms in total. The monoisotopic (exact) mass is 360 g/mol. The molecular formula is C15H15F7O2. The minimum atomic E-state index is -6.46. The summed E-state index contributed by atoms with van der Waals surface area (Å²) in [4.78, 5) is 0. The van der Waals surface area contributed by atoms with Crippen molar-refractivity contribution in [3.63, 3.8) is 0 Å². The Morgan fingerprint density at radius 2 is 1.54 bits per heavy atom. The molecule has 0 fully saturated rings. The van der Waals surface area contributed by atoms with Crippen LogP contribution < -0.4 is 0 Å². The zero-order valence-electron chi connectivity index (χ0n) is 12.2. The highest BCUT2D eigenvalue weighted by molar-refractivity contribution is 5.13. The number of hydrogen-bond donors (Lipinski definition) is 1. The number of alkyl halides is 7. The van der Waals surface area contributed by atoms with Crippen LogP contribution in [0.15, 0.2) is 42.5 Å². The number of ether oxygens (including phenoxy) is 1. The maximum Gasteiger partial charge on any atom is 0.459 e. The number of hydrogen-bond acceptors (Lipinski definition) is 2. The van der Waals surface area contributed by atoms with Gasteiger partial charge in [-0.1, -0.05) is 42.5 Å². The largest absolute Gasteiger partial charge is 0.459 e. The Morgan fingerprint density at radius 1 is 0.958 bits per heavy atom. The summed E-state index contributed by atoms with van der Waals surface area (Å²) in [5.41, 5.74) is 0.835. The van der Waals surface area contributed by atoms with Gasteiger partial charge in [-0.3, -0.25) is 0 Å². The lowest BCUT2D eigenvalue weighted by Crippen LogP contribution is -2.57. The number of aliphatic hydroxyl groups is 1. The highest BCUT2D eigenvalue weighted by atomic mass is 19.4. The molecule has 0 aliphatic rings. The molecule has 0 saturated heterocycles. The van der Waals surface area contributed by atoms with Crippen LogP contribution in [0.2, 0.25) is 0 Å². The summed E-state index contributed by atoms with van der Waals surface area (Å²) < 4.78 is 92.6. The summed E-state index contributed by atoms with van der Waals surface area (Å²) in [6.07, 6.45) is -8.71. The fourth-order valence-corrected chi connectivity index (χ4v) is 1.66. The summed E-state index contributed by atoms with van der Waals surface area (Å²) >= 11 is 0. The van der Waals surface area contributed by atoms with Crippen LogP contribution in [0.1, 0.15) is 12.0 Å². The van der Waals surface area contributed by atoms with Crippen LogP contribution >= 0.6 is 0 Å². The van der Waals surface area contributed by atoms with E-state index in [0.29, 0.717) is 0 Å². The average molecular weight is 360 g/mol. The third kappa shape index (κ3) is 4.94. The van der Waals surface area contributed by atoms with Gasteiger partial charge >= 0.3 is 18.0 Å². The SMILES string of the molecule is OC(C/C=C/COCc1ccccc1)C(F)(F)C(F)(F)C(F)(F)F. The maximum absolute atomic E-state index is 13.1. The third-order valence-corrected chi connectivity index (χ3v) is 3.04. The number of benzene rings is 1. The molecule has 1 aromatic rings. The van der Waals surface area contributed by atoms with Crippen LogP contribution in [-0.2, 0) is 11.3 Å². The second-order valence-corrected chi connectivity index (χ2v) is 4.92. The molecule has 136 valence electrons. The van der Waals surface area contributed by atoms with E-state index in [0.717, 1.165) is 17.7 Å². The Morgan fingerprint density at radius 3 is 2.08 bits per heavy atom. The van der Waals surface area contributed by atoms with Gasteiger partial charge in [-0.15, -0.1) is 0 Å². The van der Waals surface area contributed by atoms with Gasteiger partial charge in [-0.25, -0.2) is 0 Å². The van der Waals surface area contributed by atoms with Gasteiger partial charge in [-0.05, 0) is 12.0 Å². The standard InChI is InChI=1S/C15H15F7O2/c16-13(17,14(18,19)15(20,21)22)12(23)8-4-5-9-24-10-11-6-2-1-3-7-11/h1-7,12,23H,8-10H2/b5-4+. The molecule has 0 radical (unpaired) electrons. The molecule has 24 heavy (non-hydrogen) atoms. The van der Waals surface area contributed by atoms with Crippen LogP contribution in [-0.4, -0.2) is 35.8 Å². The van der Waals surface area contributed by atoms with Crippen molar-refractivity contribution in [2.24, 2.45) is 0 Å². The minimum Gasteiger partial charge on any atom is -0.386 e. The Balaban J connectivity index is 2.45. The predicted octanol–water partition coefficient (Wildman–Crippen LogP) is 4.34. The molecule has 0 aromatic heterocycles. The highest BCUT2D eigenvalue weighted by Gasteiger charge is 2.75. The summed E-state index contributed by atoms with van der Waals surface area (Å²) in [6.45, 7) is 0.124. The Kier molecular flexibility index (Phi) is 6.79. The van der Waals surface area contributed by atoms with Crippen molar-refractivity contribution >= 4 is 0 Å². The van der Waals surface area contributed by atoms with E-state index in [-0.39, 0.29) is 13.2 Å². The van der Waals surface area contributed by atoms with Crippen molar-refractivity contribution in [1.29, 1.82) is 0 Å². The van der Waals surface area contributed by atoms with Crippen LogP contribution in [0.4, 0.5) is 30.7 Å². The zero-order chi connectivity index (χ0) is 18.4. The fourth-order valence-electron chi connectivity index (χ4n) is 1.66. The van der Waals surface area contributed by atoms with Crippen molar-refractivity contribution in [1.82, 2.24) is 0 Å². The van der Waals surface area contributed by atoms with Crippen LogP contribution in [0, 0.1) is 0 Å². The summed E-state index contributed by atoms with van der Waals surface area (Å²) in [5.74, 6) is -12.0. The fraction of sp³-hybridized carbons (Fsp3) is 0.467. The molecule has 1 rings (SSSR count). The first-order valence-electron chi connectivity index (χ1n) is 6.77. The van der Waals surface area contributed by atoms with Gasteiger partial charge in [0.25, 0.3) is 0 Å². The number of halogens is 7. The van der Waals surface area contributed by atoms with E-state index < -0.39 is 30.5 Å². The van der Waals surface area contributed by atoms with Crippen molar-refractivity contribution in [2.75, 3.05) is 6.61 Å². The van der Waals surface area contributed by atoms with E-state index >= 15 is 0 Å². The van der Waals surface area contributed by atoms with Crippen LogP contribution in [0.5, 0.6) is 0 Å². The number of rotatable bonds is 8. The zero-order valence-corrected chi connectivity index (χ0v) is 12.2. The molecule has 0 aliphatic heterocycles. The van der Waals surface area contributed by atoms with E-state index in [2.05, 4.69) is 0 Å². The van der Waals surface area contributed by atoms with Gasteiger partial charge in [-0.2, -0.15) is 30.7 Å². The van der Waals surface area contributed by atoms with Gasteiger partial charge in [0.15, 0.2) is 0 Å². The van der Waals surface area contributed by atoms with Gasteiger partial charge in [0.1, 0.15) is 6.10 Å². The lowest BCUT2D eigenvalue weighted by atomic mass is 10.0. The van der Waals surface area contributed by atoms with Crippen LogP contribution in [0.3, 0.4) is 0 Å². The van der Waals surface area contributed by atoms with Crippen molar-refractivity contribution in [3.8, 4) is 0 Å². The molecule has 0 amide bonds. The molecule has 0 spiro atoms. The van der Waals surface area contributed by atoms with Gasteiger partial charge in [0.2, 0.25) is 0 Å². The highest BCUT2D eigenvalue weighted by Crippen LogP contribution is 2.48. The maximum atomic E-state index is 13.1. The van der Waals surface area contributed by atoms with Crippen molar-refractivity contribution in [3.05, 3.63) is 48.0 Å². The average Bonchev–Trinajstić information content (AvgIpc) is 2.50. The topological polar surface area (TPSA) is 29.5 Å². The molecule has 1 N–H and O–H groups in total. The predicted molar refractivity (Wildman–Crippen MR) is 71.8 cm³/mol. The summed E-state index contributed by atoms with van der Waals surface area (Å²) in [6, 6.07) is 8.88. The first-order chi connectivity index (χ1) is 11.0.